The SMILES string of the molecule is C[C@@H](CNC(=O)c1ccc(Br)o1)NC(=O)c1ccc(Br)o1. The maximum absolute atomic E-state index is 11.8. The summed E-state index contributed by atoms with van der Waals surface area (Å²) in [5.74, 6) is -0.281. The van der Waals surface area contributed by atoms with Gasteiger partial charge in [-0.2, -0.15) is 0 Å². The van der Waals surface area contributed by atoms with Crippen molar-refractivity contribution in [3.63, 3.8) is 0 Å². The Labute approximate surface area is 137 Å². The number of rotatable bonds is 5. The Hall–Kier alpha value is -1.54. The molecule has 2 aromatic rings. The van der Waals surface area contributed by atoms with Crippen LogP contribution in [0.3, 0.4) is 0 Å². The van der Waals surface area contributed by atoms with E-state index >= 15 is 0 Å². The topological polar surface area (TPSA) is 84.5 Å². The van der Waals surface area contributed by atoms with E-state index in [4.69, 9.17) is 8.83 Å². The Morgan fingerprint density at radius 1 is 1.05 bits per heavy atom. The molecular formula is C13H12Br2N2O4. The van der Waals surface area contributed by atoms with Crippen molar-refractivity contribution in [2.45, 2.75) is 13.0 Å². The molecular weight excluding hydrogens is 408 g/mol. The van der Waals surface area contributed by atoms with Gasteiger partial charge in [0.25, 0.3) is 11.8 Å². The summed E-state index contributed by atoms with van der Waals surface area (Å²) in [6, 6.07) is 6.13. The lowest BCUT2D eigenvalue weighted by Gasteiger charge is -2.13. The first-order chi connectivity index (χ1) is 9.95. The fourth-order valence-corrected chi connectivity index (χ4v) is 2.16. The van der Waals surface area contributed by atoms with Crippen LogP contribution >= 0.6 is 31.9 Å². The zero-order valence-corrected chi connectivity index (χ0v) is 14.2. The predicted octanol–water partition coefficient (Wildman–Crippen LogP) is 2.95. The van der Waals surface area contributed by atoms with Crippen molar-refractivity contribution < 1.29 is 18.4 Å². The third-order valence-corrected chi connectivity index (χ3v) is 3.39. The summed E-state index contributed by atoms with van der Waals surface area (Å²) in [4.78, 5) is 23.6. The Kier molecular flexibility index (Phi) is 5.24. The standard InChI is InChI=1S/C13H12Br2N2O4/c1-7(17-13(19)9-3-5-11(15)21-9)6-16-12(18)8-2-4-10(14)20-8/h2-5,7H,6H2,1H3,(H,16,18)(H,17,19)/t7-/m0/s1. The first-order valence-electron chi connectivity index (χ1n) is 6.05. The van der Waals surface area contributed by atoms with Crippen molar-refractivity contribution in [1.29, 1.82) is 0 Å². The lowest BCUT2D eigenvalue weighted by molar-refractivity contribution is 0.0883. The summed E-state index contributed by atoms with van der Waals surface area (Å²) < 4.78 is 11.2. The largest absolute Gasteiger partial charge is 0.444 e. The lowest BCUT2D eigenvalue weighted by Crippen LogP contribution is -2.41. The van der Waals surface area contributed by atoms with Crippen LogP contribution in [0.2, 0.25) is 0 Å². The number of halogens is 2. The monoisotopic (exact) mass is 418 g/mol. The molecule has 0 aliphatic carbocycles. The van der Waals surface area contributed by atoms with Gasteiger partial charge >= 0.3 is 0 Å². The molecule has 8 heteroatoms. The van der Waals surface area contributed by atoms with Gasteiger partial charge in [-0.3, -0.25) is 9.59 Å². The summed E-state index contributed by atoms with van der Waals surface area (Å²) in [5.41, 5.74) is 0. The van der Waals surface area contributed by atoms with Crippen LogP contribution < -0.4 is 10.6 Å². The summed E-state index contributed by atoms with van der Waals surface area (Å²) >= 11 is 6.25. The second kappa shape index (κ2) is 6.95. The van der Waals surface area contributed by atoms with Gasteiger partial charge < -0.3 is 19.5 Å². The fourth-order valence-electron chi connectivity index (χ4n) is 1.55. The number of amides is 2. The molecule has 0 radical (unpaired) electrons. The molecule has 0 aliphatic heterocycles. The van der Waals surface area contributed by atoms with Gasteiger partial charge in [-0.25, -0.2) is 0 Å². The van der Waals surface area contributed by atoms with E-state index in [9.17, 15) is 9.59 Å². The van der Waals surface area contributed by atoms with Crippen LogP contribution in [0.5, 0.6) is 0 Å². The highest BCUT2D eigenvalue weighted by molar-refractivity contribution is 9.10. The van der Waals surface area contributed by atoms with Crippen molar-refractivity contribution in [3.8, 4) is 0 Å². The average molecular weight is 420 g/mol. The number of nitrogens with one attached hydrogen (secondary N) is 2. The average Bonchev–Trinajstić information content (AvgIpc) is 3.04. The van der Waals surface area contributed by atoms with Gasteiger partial charge in [-0.15, -0.1) is 0 Å². The lowest BCUT2D eigenvalue weighted by atomic mass is 10.3. The first kappa shape index (κ1) is 15.8. The number of hydrogen-bond acceptors (Lipinski definition) is 4. The van der Waals surface area contributed by atoms with Crippen molar-refractivity contribution in [2.75, 3.05) is 6.54 Å². The quantitative estimate of drug-likeness (QED) is 0.780. The van der Waals surface area contributed by atoms with Crippen LogP contribution in [0.1, 0.15) is 28.0 Å². The van der Waals surface area contributed by atoms with Crippen molar-refractivity contribution in [2.24, 2.45) is 0 Å². The van der Waals surface area contributed by atoms with E-state index in [0.717, 1.165) is 0 Å². The maximum Gasteiger partial charge on any atom is 0.287 e. The zero-order valence-electron chi connectivity index (χ0n) is 11.0. The van der Waals surface area contributed by atoms with Crippen molar-refractivity contribution in [3.05, 3.63) is 45.1 Å². The Bertz CT molecular complexity index is 650. The highest BCUT2D eigenvalue weighted by atomic mass is 79.9. The van der Waals surface area contributed by atoms with Crippen LogP contribution in [-0.2, 0) is 0 Å². The van der Waals surface area contributed by atoms with Gasteiger partial charge in [0.05, 0.1) is 0 Å². The van der Waals surface area contributed by atoms with E-state index in [1.807, 2.05) is 0 Å². The number of carbonyl (C=O) groups is 2. The third-order valence-electron chi connectivity index (χ3n) is 2.54. The smallest absolute Gasteiger partial charge is 0.287 e. The van der Waals surface area contributed by atoms with Crippen molar-refractivity contribution in [1.82, 2.24) is 10.6 Å². The van der Waals surface area contributed by atoms with Crippen LogP contribution in [0, 0.1) is 0 Å². The third kappa shape index (κ3) is 4.47. The second-order valence-electron chi connectivity index (χ2n) is 4.29. The molecule has 0 bridgehead atoms. The molecule has 2 amide bonds. The van der Waals surface area contributed by atoms with Crippen molar-refractivity contribution >= 4 is 43.7 Å². The molecule has 2 aromatic heterocycles. The van der Waals surface area contributed by atoms with Crippen LogP contribution in [0.4, 0.5) is 0 Å². The minimum atomic E-state index is -0.345. The minimum absolute atomic E-state index is 0.204. The molecule has 1 atom stereocenters. The number of hydrogen-bond donors (Lipinski definition) is 2. The van der Waals surface area contributed by atoms with Gasteiger partial charge in [-0.05, 0) is 63.0 Å². The predicted molar refractivity (Wildman–Crippen MR) is 82.1 cm³/mol. The highest BCUT2D eigenvalue weighted by Crippen LogP contribution is 2.14. The molecule has 2 rings (SSSR count). The van der Waals surface area contributed by atoms with E-state index in [2.05, 4.69) is 42.5 Å². The molecule has 21 heavy (non-hydrogen) atoms. The van der Waals surface area contributed by atoms with E-state index in [0.29, 0.717) is 9.34 Å². The minimum Gasteiger partial charge on any atom is -0.444 e. The molecule has 2 heterocycles. The molecule has 112 valence electrons. The summed E-state index contributed by atoms with van der Waals surface area (Å²) in [6.07, 6.45) is 0. The molecule has 0 saturated carbocycles. The van der Waals surface area contributed by atoms with Crippen LogP contribution in [0.25, 0.3) is 0 Å². The zero-order chi connectivity index (χ0) is 15.4. The number of furan rings is 2. The van der Waals surface area contributed by atoms with Gasteiger partial charge in [-0.1, -0.05) is 0 Å². The van der Waals surface area contributed by atoms with E-state index in [1.54, 1.807) is 31.2 Å². The fraction of sp³-hybridized carbons (Fsp3) is 0.231. The maximum atomic E-state index is 11.8. The van der Waals surface area contributed by atoms with Gasteiger partial charge in [0.1, 0.15) is 0 Å². The number of carbonyl (C=O) groups excluding carboxylic acids is 2. The molecule has 2 N–H and O–H groups in total. The molecule has 0 aliphatic rings. The second-order valence-corrected chi connectivity index (χ2v) is 5.86. The summed E-state index contributed by atoms with van der Waals surface area (Å²) in [6.45, 7) is 2.04. The van der Waals surface area contributed by atoms with Gasteiger partial charge in [0.2, 0.25) is 0 Å². The summed E-state index contributed by atoms with van der Waals surface area (Å²) in [7, 11) is 0. The van der Waals surface area contributed by atoms with Crippen LogP contribution in [-0.4, -0.2) is 24.4 Å². The molecule has 6 nitrogen and oxygen atoms in total. The Balaban J connectivity index is 1.80. The van der Waals surface area contributed by atoms with E-state index in [-0.39, 0.29) is 35.9 Å². The van der Waals surface area contributed by atoms with E-state index in [1.165, 1.54) is 0 Å². The van der Waals surface area contributed by atoms with Crippen LogP contribution in [0.15, 0.2) is 42.4 Å². The molecule has 0 spiro atoms. The molecule has 0 fully saturated rings. The highest BCUT2D eigenvalue weighted by Gasteiger charge is 2.15. The Morgan fingerprint density at radius 3 is 2.05 bits per heavy atom. The molecule has 0 saturated heterocycles. The summed E-state index contributed by atoms with van der Waals surface area (Å²) in [5, 5.41) is 5.38. The molecule has 0 unspecified atom stereocenters. The molecule has 0 aromatic carbocycles. The normalized spacial score (nSPS) is 12.0. The first-order valence-corrected chi connectivity index (χ1v) is 7.64. The Morgan fingerprint density at radius 2 is 1.57 bits per heavy atom. The van der Waals surface area contributed by atoms with Gasteiger partial charge in [0, 0.05) is 12.6 Å². The van der Waals surface area contributed by atoms with Gasteiger partial charge in [0.15, 0.2) is 20.9 Å². The van der Waals surface area contributed by atoms with E-state index < -0.39 is 0 Å².